The second-order valence-corrected chi connectivity index (χ2v) is 8.60. The Kier molecular flexibility index (Phi) is 4.58. The first kappa shape index (κ1) is 18.6. The van der Waals surface area contributed by atoms with Crippen molar-refractivity contribution in [1.29, 1.82) is 0 Å². The highest BCUT2D eigenvalue weighted by molar-refractivity contribution is 7.51. The van der Waals surface area contributed by atoms with Crippen LogP contribution in [-0.4, -0.2) is 49.5 Å². The van der Waals surface area contributed by atoms with Crippen LogP contribution >= 0.6 is 7.75 Å². The summed E-state index contributed by atoms with van der Waals surface area (Å²) in [6.07, 6.45) is -0.592. The van der Waals surface area contributed by atoms with Gasteiger partial charge in [-0.05, 0) is 5.56 Å². The average molecular weight is 418 g/mol. The third-order valence-electron chi connectivity index (χ3n) is 4.96. The lowest BCUT2D eigenvalue weighted by Gasteiger charge is -2.31. The molecule has 5 atom stereocenters. The van der Waals surface area contributed by atoms with Crippen molar-refractivity contribution < 1.29 is 23.5 Å². The number of aliphatic hydroxyl groups is 1. The second kappa shape index (κ2) is 7.13. The van der Waals surface area contributed by atoms with Gasteiger partial charge in [-0.2, -0.15) is 0 Å². The van der Waals surface area contributed by atoms with Gasteiger partial charge in [0, 0.05) is 6.54 Å². The van der Waals surface area contributed by atoms with Crippen LogP contribution in [0.15, 0.2) is 43.0 Å². The van der Waals surface area contributed by atoms with E-state index in [9.17, 15) is 9.67 Å². The molecule has 0 radical (unpaired) electrons. The maximum absolute atomic E-state index is 13.0. The third kappa shape index (κ3) is 3.31. The number of aliphatic hydroxyl groups excluding tert-OH is 1. The summed E-state index contributed by atoms with van der Waals surface area (Å²) in [5, 5.41) is 13.6. The molecule has 0 amide bonds. The Hall–Kier alpha value is -2.40. The highest BCUT2D eigenvalue weighted by Crippen LogP contribution is 2.53. The molecule has 12 heteroatoms. The molecule has 2 fully saturated rings. The molecule has 1 unspecified atom stereocenters. The van der Waals surface area contributed by atoms with Crippen LogP contribution in [0.4, 0.5) is 5.82 Å². The largest absolute Gasteiger partial charge is 0.406 e. The summed E-state index contributed by atoms with van der Waals surface area (Å²) < 4.78 is 31.5. The van der Waals surface area contributed by atoms with Gasteiger partial charge in [0.15, 0.2) is 17.7 Å². The molecule has 3 aromatic rings. The van der Waals surface area contributed by atoms with Crippen molar-refractivity contribution in [2.75, 3.05) is 12.3 Å². The van der Waals surface area contributed by atoms with E-state index in [0.717, 1.165) is 5.56 Å². The van der Waals surface area contributed by atoms with Gasteiger partial charge in [-0.3, -0.25) is 13.6 Å². The number of nitrogens with zero attached hydrogens (tertiary/aromatic N) is 4. The fourth-order valence-electron chi connectivity index (χ4n) is 3.50. The summed E-state index contributed by atoms with van der Waals surface area (Å²) in [6.45, 7) is 0.319. The molecule has 5 rings (SSSR count). The first-order chi connectivity index (χ1) is 14.0. The first-order valence-electron chi connectivity index (χ1n) is 9.03. The van der Waals surface area contributed by atoms with E-state index < -0.39 is 32.3 Å². The van der Waals surface area contributed by atoms with Crippen LogP contribution in [0.2, 0.25) is 0 Å². The number of nitrogen functional groups attached to an aromatic ring is 1. The SMILES string of the molecule is Nc1ncnc2c1ncn2[C@@H]1O[C@@H]2COP(=O)(NCc3ccccc3)O[C@H]2[C@H]1O. The number of rotatable bonds is 4. The zero-order chi connectivity index (χ0) is 20.0. The molecule has 11 nitrogen and oxygen atoms in total. The van der Waals surface area contributed by atoms with E-state index in [1.165, 1.54) is 12.7 Å². The molecule has 0 bridgehead atoms. The predicted molar refractivity (Wildman–Crippen MR) is 101 cm³/mol. The van der Waals surface area contributed by atoms with Gasteiger partial charge in [-0.15, -0.1) is 0 Å². The third-order valence-corrected chi connectivity index (χ3v) is 6.51. The minimum Gasteiger partial charge on any atom is -0.386 e. The molecular formula is C17H19N6O5P. The average Bonchev–Trinajstić information content (AvgIpc) is 3.30. The fraction of sp³-hybridized carbons (Fsp3) is 0.353. The topological polar surface area (TPSA) is 147 Å². The molecular weight excluding hydrogens is 399 g/mol. The van der Waals surface area contributed by atoms with Crippen LogP contribution in [0.3, 0.4) is 0 Å². The fourth-order valence-corrected chi connectivity index (χ4v) is 5.03. The van der Waals surface area contributed by atoms with Crippen LogP contribution < -0.4 is 10.8 Å². The van der Waals surface area contributed by atoms with E-state index in [0.29, 0.717) is 17.7 Å². The number of nitrogens with one attached hydrogen (secondary N) is 1. The summed E-state index contributed by atoms with van der Waals surface area (Å²) >= 11 is 0. The van der Waals surface area contributed by atoms with E-state index in [2.05, 4.69) is 20.0 Å². The molecule has 4 heterocycles. The van der Waals surface area contributed by atoms with E-state index in [4.69, 9.17) is 19.5 Å². The minimum absolute atomic E-state index is 0.0149. The van der Waals surface area contributed by atoms with Gasteiger partial charge in [0.25, 0.3) is 0 Å². The lowest BCUT2D eigenvalue weighted by atomic mass is 10.1. The minimum atomic E-state index is -3.61. The van der Waals surface area contributed by atoms with Gasteiger partial charge < -0.3 is 15.6 Å². The quantitative estimate of drug-likeness (QED) is 0.524. The Morgan fingerprint density at radius 1 is 1.28 bits per heavy atom. The summed E-state index contributed by atoms with van der Waals surface area (Å²) in [5.41, 5.74) is 7.58. The molecule has 2 aliphatic rings. The summed E-state index contributed by atoms with van der Waals surface area (Å²) in [6, 6.07) is 9.46. The zero-order valence-electron chi connectivity index (χ0n) is 15.2. The molecule has 0 saturated carbocycles. The highest BCUT2D eigenvalue weighted by Gasteiger charge is 2.52. The molecule has 2 aliphatic heterocycles. The molecule has 0 aliphatic carbocycles. The second-order valence-electron chi connectivity index (χ2n) is 6.82. The number of nitrogens with two attached hydrogens (primary N) is 1. The van der Waals surface area contributed by atoms with Crippen molar-refractivity contribution in [3.05, 3.63) is 48.5 Å². The van der Waals surface area contributed by atoms with Crippen molar-refractivity contribution in [3.63, 3.8) is 0 Å². The Labute approximate surface area is 165 Å². The molecule has 0 spiro atoms. The van der Waals surface area contributed by atoms with Crippen molar-refractivity contribution >= 4 is 24.7 Å². The molecule has 152 valence electrons. The number of imidazole rings is 1. The maximum Gasteiger partial charge on any atom is 0.406 e. The van der Waals surface area contributed by atoms with Crippen molar-refractivity contribution in [2.45, 2.75) is 31.1 Å². The van der Waals surface area contributed by atoms with Crippen molar-refractivity contribution in [3.8, 4) is 0 Å². The van der Waals surface area contributed by atoms with Crippen molar-refractivity contribution in [1.82, 2.24) is 24.6 Å². The molecule has 2 saturated heterocycles. The van der Waals surface area contributed by atoms with E-state index in [-0.39, 0.29) is 12.4 Å². The maximum atomic E-state index is 13.0. The molecule has 4 N–H and O–H groups in total. The number of anilines is 1. The monoisotopic (exact) mass is 418 g/mol. The van der Waals surface area contributed by atoms with Gasteiger partial charge in [0.1, 0.15) is 30.2 Å². The summed E-state index contributed by atoms with van der Waals surface area (Å²) in [4.78, 5) is 12.3. The molecule has 29 heavy (non-hydrogen) atoms. The van der Waals surface area contributed by atoms with Gasteiger partial charge >= 0.3 is 7.75 Å². The zero-order valence-corrected chi connectivity index (χ0v) is 16.1. The van der Waals surface area contributed by atoms with Crippen LogP contribution in [-0.2, 0) is 24.9 Å². The highest BCUT2D eigenvalue weighted by atomic mass is 31.2. The van der Waals surface area contributed by atoms with E-state index in [1.54, 1.807) is 4.57 Å². The molecule has 2 aromatic heterocycles. The van der Waals surface area contributed by atoms with Gasteiger partial charge in [0.05, 0.1) is 12.9 Å². The summed E-state index contributed by atoms with van der Waals surface area (Å²) in [7, 11) is -3.61. The number of fused-ring (bicyclic) bond motifs is 2. The normalized spacial score (nSPS) is 31.8. The van der Waals surface area contributed by atoms with E-state index in [1.807, 2.05) is 30.3 Å². The van der Waals surface area contributed by atoms with Gasteiger partial charge in [-0.1, -0.05) is 30.3 Å². The lowest BCUT2D eigenvalue weighted by molar-refractivity contribution is -0.0596. The van der Waals surface area contributed by atoms with Crippen LogP contribution in [0.1, 0.15) is 11.8 Å². The van der Waals surface area contributed by atoms with Crippen LogP contribution in [0.25, 0.3) is 11.2 Å². The van der Waals surface area contributed by atoms with Gasteiger partial charge in [0.2, 0.25) is 0 Å². The molecule has 1 aromatic carbocycles. The number of ether oxygens (including phenoxy) is 1. The first-order valence-corrected chi connectivity index (χ1v) is 10.6. The number of benzene rings is 1. The Morgan fingerprint density at radius 2 is 2.10 bits per heavy atom. The predicted octanol–water partition coefficient (Wildman–Crippen LogP) is 0.980. The number of hydrogen-bond donors (Lipinski definition) is 3. The lowest BCUT2D eigenvalue weighted by Crippen LogP contribution is -2.41. The van der Waals surface area contributed by atoms with E-state index >= 15 is 0 Å². The van der Waals surface area contributed by atoms with Crippen molar-refractivity contribution in [2.24, 2.45) is 0 Å². The van der Waals surface area contributed by atoms with Crippen LogP contribution in [0, 0.1) is 0 Å². The Balaban J connectivity index is 1.34. The smallest absolute Gasteiger partial charge is 0.386 e. The number of aromatic nitrogens is 4. The van der Waals surface area contributed by atoms with Crippen LogP contribution in [0.5, 0.6) is 0 Å². The summed E-state index contributed by atoms with van der Waals surface area (Å²) in [5.74, 6) is 0.229. The van der Waals surface area contributed by atoms with Gasteiger partial charge in [-0.25, -0.2) is 24.6 Å². The number of hydrogen-bond acceptors (Lipinski definition) is 9. The Bertz CT molecular complexity index is 1080. The Morgan fingerprint density at radius 3 is 2.93 bits per heavy atom. The standard InChI is InChI=1S/C17H19N6O5P/c18-15-12-16(20-8-19-15)23(9-21-12)17-13(24)14-11(27-17)7-26-29(25,28-14)22-6-10-4-2-1-3-5-10/h1-5,8-9,11,13-14,17,24H,6-7H2,(H,22,25)(H2,18,19,20)/t11-,13-,14-,17-,29?/m1/s1.